The minimum absolute atomic E-state index is 0.473. The van der Waals surface area contributed by atoms with E-state index in [0.29, 0.717) is 13.6 Å². The molecule has 22 heavy (non-hydrogen) atoms. The molecule has 2 aromatic rings. The summed E-state index contributed by atoms with van der Waals surface area (Å²) in [6, 6.07) is 1.94. The third-order valence-corrected chi connectivity index (χ3v) is 2.89. The number of fused-ring (bicyclic) bond motifs is 1. The molecular formula is C11H11N3O8. The molecule has 2 heterocycles. The van der Waals surface area contributed by atoms with Gasteiger partial charge in [-0.1, -0.05) is 0 Å². The molecule has 0 aliphatic rings. The third-order valence-electron chi connectivity index (χ3n) is 2.89. The van der Waals surface area contributed by atoms with Crippen LogP contribution in [0.1, 0.15) is 6.42 Å². The second kappa shape index (κ2) is 5.20. The molecule has 5 N–H and O–H groups in total. The Morgan fingerprint density at radius 1 is 0.864 bits per heavy atom. The number of aliphatic hydroxyl groups is 4. The number of carboxylic acids is 1. The molecule has 0 bridgehead atoms. The molecule has 0 spiro atoms. The normalized spacial score (nSPS) is 10.7. The number of nitrogens with zero attached hydrogens (tertiary/aromatic N) is 3. The fourth-order valence-electron chi connectivity index (χ4n) is 1.94. The molecular weight excluding hydrogens is 302 g/mol. The van der Waals surface area contributed by atoms with Crippen molar-refractivity contribution in [2.24, 2.45) is 0 Å². The van der Waals surface area contributed by atoms with Crippen molar-refractivity contribution < 1.29 is 30.3 Å². The average Bonchev–Trinajstić information content (AvgIpc) is 2.68. The van der Waals surface area contributed by atoms with Crippen LogP contribution in [0, 0.1) is 0 Å². The Bertz CT molecular complexity index is 914. The van der Waals surface area contributed by atoms with Crippen LogP contribution in [-0.4, -0.2) is 45.1 Å². The van der Waals surface area contributed by atoms with Gasteiger partial charge in [0.25, 0.3) is 0 Å². The van der Waals surface area contributed by atoms with E-state index in [1.807, 2.05) is 0 Å². The smallest absolute Gasteiger partial charge is 0.352 e. The Morgan fingerprint density at radius 3 is 1.59 bits per heavy atom. The van der Waals surface area contributed by atoms with Crippen LogP contribution in [0.2, 0.25) is 0 Å². The molecule has 0 amide bonds. The maximum Gasteiger partial charge on any atom is 0.352 e. The van der Waals surface area contributed by atoms with Gasteiger partial charge in [-0.25, -0.2) is 14.2 Å². The van der Waals surface area contributed by atoms with E-state index in [-0.39, 0.29) is 0 Å². The summed E-state index contributed by atoms with van der Waals surface area (Å²) in [6.45, 7) is -0.473. The summed E-state index contributed by atoms with van der Waals surface area (Å²) in [7, 11) is 0. The highest BCUT2D eigenvalue weighted by molar-refractivity contribution is 5.66. The molecule has 0 aromatic carbocycles. The van der Waals surface area contributed by atoms with E-state index < -0.39 is 52.9 Å². The van der Waals surface area contributed by atoms with Gasteiger partial charge in [0.2, 0.25) is 0 Å². The molecule has 0 aliphatic heterocycles. The van der Waals surface area contributed by atoms with Crippen molar-refractivity contribution >= 4 is 17.9 Å². The fourth-order valence-corrected chi connectivity index (χ4v) is 1.94. The van der Waals surface area contributed by atoms with Gasteiger partial charge in [0.1, 0.15) is 10.7 Å². The molecule has 0 fully saturated rings. The Labute approximate surface area is 119 Å². The van der Waals surface area contributed by atoms with Crippen molar-refractivity contribution in [3.8, 4) is 0 Å². The van der Waals surface area contributed by atoms with Crippen LogP contribution in [0.5, 0.6) is 0 Å². The van der Waals surface area contributed by atoms with Crippen LogP contribution in [-0.2, 0) is 11.3 Å². The number of aromatic nitrogens is 3. The summed E-state index contributed by atoms with van der Waals surface area (Å²) >= 11 is 0. The lowest BCUT2D eigenvalue weighted by Crippen LogP contribution is -2.38. The van der Waals surface area contributed by atoms with E-state index in [0.717, 1.165) is 12.1 Å². The molecule has 0 unspecified atom stereocenters. The predicted octanol–water partition coefficient (Wildman–Crippen LogP) is -2.60. The van der Waals surface area contributed by atoms with Crippen molar-refractivity contribution in [3.63, 3.8) is 0 Å². The second-order valence-electron chi connectivity index (χ2n) is 4.24. The molecule has 11 nitrogen and oxygen atoms in total. The molecule has 118 valence electrons. The number of hydrogen-bond acceptors (Lipinski definition) is 7. The number of rotatable bonds is 3. The SMILES string of the molecule is O=C(O)CCn1c(=O)n2c(=C(O)O)ccc(=C(O)O)n2c1=O. The van der Waals surface area contributed by atoms with Crippen LogP contribution in [0.15, 0.2) is 21.7 Å². The summed E-state index contributed by atoms with van der Waals surface area (Å²) in [5.74, 6) is -3.81. The van der Waals surface area contributed by atoms with Gasteiger partial charge in [-0.3, -0.25) is 4.79 Å². The first kappa shape index (κ1) is 15.0. The Balaban J connectivity index is 3.05. The molecule has 0 atom stereocenters. The Hall–Kier alpha value is -3.37. The lowest BCUT2D eigenvalue weighted by Gasteiger charge is -1.98. The van der Waals surface area contributed by atoms with Crippen molar-refractivity contribution in [1.29, 1.82) is 0 Å². The number of aliphatic carboxylic acids is 1. The standard InChI is InChI=1S/C11H11N3O8/c15-7(16)3-4-12-10(21)13-5(8(17)18)1-2-6(9(19)20)14(13)11(12)22/h1-2,17-20H,3-4H2,(H,15,16). The summed E-state index contributed by atoms with van der Waals surface area (Å²) in [5.41, 5.74) is -2.13. The van der Waals surface area contributed by atoms with Crippen LogP contribution in [0.3, 0.4) is 0 Å². The van der Waals surface area contributed by atoms with Gasteiger partial charge < -0.3 is 25.5 Å². The molecule has 2 aromatic heterocycles. The molecule has 0 saturated carbocycles. The average molecular weight is 313 g/mol. The minimum Gasteiger partial charge on any atom is -0.481 e. The first-order valence-corrected chi connectivity index (χ1v) is 5.85. The zero-order chi connectivity index (χ0) is 16.6. The summed E-state index contributed by atoms with van der Waals surface area (Å²) in [6.07, 6.45) is -0.527. The zero-order valence-electron chi connectivity index (χ0n) is 10.9. The van der Waals surface area contributed by atoms with E-state index in [9.17, 15) is 14.4 Å². The van der Waals surface area contributed by atoms with Crippen molar-refractivity contribution in [2.45, 2.75) is 13.0 Å². The Morgan fingerprint density at radius 2 is 1.27 bits per heavy atom. The maximum absolute atomic E-state index is 12.2. The van der Waals surface area contributed by atoms with Crippen LogP contribution in [0.4, 0.5) is 0 Å². The third kappa shape index (κ3) is 2.24. The van der Waals surface area contributed by atoms with Gasteiger partial charge in [-0.2, -0.15) is 9.03 Å². The zero-order valence-corrected chi connectivity index (χ0v) is 10.9. The highest BCUT2D eigenvalue weighted by atomic mass is 16.5. The molecule has 11 heteroatoms. The van der Waals surface area contributed by atoms with Gasteiger partial charge in [0.15, 0.2) is 0 Å². The van der Waals surface area contributed by atoms with E-state index in [4.69, 9.17) is 25.5 Å². The van der Waals surface area contributed by atoms with Crippen molar-refractivity contribution in [2.75, 3.05) is 0 Å². The van der Waals surface area contributed by atoms with E-state index >= 15 is 0 Å². The van der Waals surface area contributed by atoms with Crippen LogP contribution < -0.4 is 22.1 Å². The first-order valence-electron chi connectivity index (χ1n) is 5.85. The van der Waals surface area contributed by atoms with E-state index in [1.54, 1.807) is 0 Å². The number of hydrogen-bond donors (Lipinski definition) is 5. The van der Waals surface area contributed by atoms with Crippen LogP contribution in [0.25, 0.3) is 11.9 Å². The number of carboxylic acid groups (broad SMARTS) is 1. The van der Waals surface area contributed by atoms with Gasteiger partial charge in [0, 0.05) is 6.54 Å². The minimum atomic E-state index is -1.28. The fraction of sp³-hybridized carbons (Fsp3) is 0.182. The van der Waals surface area contributed by atoms with E-state index in [2.05, 4.69) is 0 Å². The topological polar surface area (TPSA) is 166 Å². The summed E-state index contributed by atoms with van der Waals surface area (Å²) in [4.78, 5) is 34.9. The van der Waals surface area contributed by atoms with Gasteiger partial charge in [-0.15, -0.1) is 0 Å². The lowest BCUT2D eigenvalue weighted by molar-refractivity contribution is -0.137. The molecule has 0 radical (unpaired) electrons. The van der Waals surface area contributed by atoms with E-state index in [1.165, 1.54) is 0 Å². The maximum atomic E-state index is 12.2. The number of aliphatic hydroxyl groups excluding tert-OH is 2. The van der Waals surface area contributed by atoms with Crippen molar-refractivity contribution in [1.82, 2.24) is 13.6 Å². The largest absolute Gasteiger partial charge is 0.481 e. The highest BCUT2D eigenvalue weighted by Crippen LogP contribution is 1.84. The first-order chi connectivity index (χ1) is 10.3. The molecule has 2 rings (SSSR count). The quantitative estimate of drug-likeness (QED) is 0.411. The number of carbonyl (C=O) groups is 1. The van der Waals surface area contributed by atoms with Gasteiger partial charge in [-0.05, 0) is 12.1 Å². The summed E-state index contributed by atoms with van der Waals surface area (Å²) < 4.78 is 1.50. The van der Waals surface area contributed by atoms with Crippen LogP contribution >= 0.6 is 0 Å². The highest BCUT2D eigenvalue weighted by Gasteiger charge is 2.16. The van der Waals surface area contributed by atoms with Crippen molar-refractivity contribution in [3.05, 3.63) is 43.8 Å². The summed E-state index contributed by atoms with van der Waals surface area (Å²) in [5, 5.41) is 44.3. The van der Waals surface area contributed by atoms with Gasteiger partial charge in [0.05, 0.1) is 6.42 Å². The predicted molar refractivity (Wildman–Crippen MR) is 70.2 cm³/mol. The Kier molecular flexibility index (Phi) is 3.55. The monoisotopic (exact) mass is 313 g/mol. The molecule has 0 saturated heterocycles. The molecule has 0 aliphatic carbocycles. The second-order valence-corrected chi connectivity index (χ2v) is 4.24. The lowest BCUT2D eigenvalue weighted by atomic mass is 10.4. The van der Waals surface area contributed by atoms with Gasteiger partial charge >= 0.3 is 29.2 Å².